The van der Waals surface area contributed by atoms with Gasteiger partial charge in [0, 0.05) is 16.4 Å². The van der Waals surface area contributed by atoms with Crippen LogP contribution in [0.5, 0.6) is 0 Å². The van der Waals surface area contributed by atoms with E-state index in [-0.39, 0.29) is 5.91 Å². The molecule has 0 saturated carbocycles. The van der Waals surface area contributed by atoms with E-state index >= 15 is 0 Å². The number of carbonyl (C=O) groups excluding carboxylic acids is 1. The molecule has 4 nitrogen and oxygen atoms in total. The van der Waals surface area contributed by atoms with Gasteiger partial charge in [0.15, 0.2) is 0 Å². The van der Waals surface area contributed by atoms with Gasteiger partial charge in [-0.2, -0.15) is 0 Å². The van der Waals surface area contributed by atoms with Gasteiger partial charge in [0.05, 0.1) is 10.4 Å². The van der Waals surface area contributed by atoms with E-state index in [2.05, 4.69) is 26.3 Å². The zero-order valence-corrected chi connectivity index (χ0v) is 11.6. The first kappa shape index (κ1) is 13.5. The Hall–Kier alpha value is -0.590. The molecule has 88 valence electrons. The quantitative estimate of drug-likeness (QED) is 0.386. The third-order valence-corrected chi connectivity index (χ3v) is 3.90. The fourth-order valence-electron chi connectivity index (χ4n) is 0.963. The van der Waals surface area contributed by atoms with Gasteiger partial charge in [-0.15, -0.1) is 11.8 Å². The predicted molar refractivity (Wildman–Crippen MR) is 68.8 cm³/mol. The van der Waals surface area contributed by atoms with Gasteiger partial charge in [0.2, 0.25) is 5.91 Å². The molecule has 0 aliphatic rings. The topological polar surface area (TPSA) is 68.0 Å². The predicted octanol–water partition coefficient (Wildman–Crippen LogP) is 1.95. The van der Waals surface area contributed by atoms with Gasteiger partial charge in [0.1, 0.15) is 0 Å². The number of nitrogens with two attached hydrogens (primary N) is 1. The maximum atomic E-state index is 11.4. The number of pyridine rings is 1. The summed E-state index contributed by atoms with van der Waals surface area (Å²) in [6, 6.07) is 3.83. The summed E-state index contributed by atoms with van der Waals surface area (Å²) in [5, 5.41) is 0.890. The number of rotatable bonds is 4. The SMILES string of the molecule is CC(C)(CSc1ccc(Br)cn1)C(=O)NN. The number of thioether (sulfide) groups is 1. The van der Waals surface area contributed by atoms with Crippen molar-refractivity contribution in [3.05, 3.63) is 22.8 Å². The molecule has 1 amide bonds. The second-order valence-corrected chi connectivity index (χ2v) is 5.87. The van der Waals surface area contributed by atoms with Gasteiger partial charge in [0.25, 0.3) is 0 Å². The summed E-state index contributed by atoms with van der Waals surface area (Å²) in [6.45, 7) is 3.70. The Morgan fingerprint density at radius 1 is 1.62 bits per heavy atom. The Balaban J connectivity index is 2.57. The Kier molecular flexibility index (Phi) is 4.76. The number of amides is 1. The van der Waals surface area contributed by atoms with Crippen molar-refractivity contribution >= 4 is 33.6 Å². The minimum atomic E-state index is -0.506. The highest BCUT2D eigenvalue weighted by Gasteiger charge is 2.27. The van der Waals surface area contributed by atoms with E-state index in [0.717, 1.165) is 9.50 Å². The zero-order valence-electron chi connectivity index (χ0n) is 9.16. The molecule has 0 fully saturated rings. The lowest BCUT2D eigenvalue weighted by molar-refractivity contribution is -0.128. The number of nitrogens with zero attached hydrogens (tertiary/aromatic N) is 1. The molecule has 0 atom stereocenters. The van der Waals surface area contributed by atoms with Crippen molar-refractivity contribution < 1.29 is 4.79 Å². The second kappa shape index (κ2) is 5.65. The molecular weight excluding hydrogens is 290 g/mol. The van der Waals surface area contributed by atoms with Crippen LogP contribution in [0.3, 0.4) is 0 Å². The number of hydrogen-bond acceptors (Lipinski definition) is 4. The van der Waals surface area contributed by atoms with Gasteiger partial charge in [-0.1, -0.05) is 13.8 Å². The fourth-order valence-corrected chi connectivity index (χ4v) is 2.13. The van der Waals surface area contributed by atoms with Crippen LogP contribution >= 0.6 is 27.7 Å². The van der Waals surface area contributed by atoms with Crippen molar-refractivity contribution in [1.29, 1.82) is 0 Å². The number of hydrazine groups is 1. The summed E-state index contributed by atoms with van der Waals surface area (Å²) in [4.78, 5) is 15.7. The highest BCUT2D eigenvalue weighted by molar-refractivity contribution is 9.10. The van der Waals surface area contributed by atoms with Crippen molar-refractivity contribution in [2.45, 2.75) is 18.9 Å². The van der Waals surface area contributed by atoms with Crippen LogP contribution in [0.25, 0.3) is 0 Å². The standard InChI is InChI=1S/C10H14BrN3OS/c1-10(2,9(15)14-12)6-16-8-4-3-7(11)5-13-8/h3-5H,6,12H2,1-2H3,(H,14,15). The molecule has 1 aromatic rings. The molecule has 0 saturated heterocycles. The Bertz CT molecular complexity index is 367. The Morgan fingerprint density at radius 3 is 2.81 bits per heavy atom. The molecule has 0 radical (unpaired) electrons. The summed E-state index contributed by atoms with van der Waals surface area (Å²) in [6.07, 6.45) is 1.73. The highest BCUT2D eigenvalue weighted by atomic mass is 79.9. The molecule has 0 spiro atoms. The zero-order chi connectivity index (χ0) is 12.2. The van der Waals surface area contributed by atoms with Crippen molar-refractivity contribution in [1.82, 2.24) is 10.4 Å². The summed E-state index contributed by atoms with van der Waals surface area (Å²) < 4.78 is 0.941. The Labute approximate surface area is 107 Å². The van der Waals surface area contributed by atoms with Crippen LogP contribution in [0.4, 0.5) is 0 Å². The molecule has 6 heteroatoms. The largest absolute Gasteiger partial charge is 0.294 e. The molecule has 0 bridgehead atoms. The first-order valence-corrected chi connectivity index (χ1v) is 6.49. The molecule has 3 N–H and O–H groups in total. The van der Waals surface area contributed by atoms with E-state index in [0.29, 0.717) is 5.75 Å². The highest BCUT2D eigenvalue weighted by Crippen LogP contribution is 2.26. The number of halogens is 1. The average molecular weight is 304 g/mol. The van der Waals surface area contributed by atoms with Crippen LogP contribution in [0.15, 0.2) is 27.8 Å². The summed E-state index contributed by atoms with van der Waals surface area (Å²) in [5.74, 6) is 5.58. The lowest BCUT2D eigenvalue weighted by Gasteiger charge is -2.21. The van der Waals surface area contributed by atoms with E-state index in [1.54, 1.807) is 6.20 Å². The summed E-state index contributed by atoms with van der Waals surface area (Å²) in [5.41, 5.74) is 1.66. The third kappa shape index (κ3) is 3.77. The Morgan fingerprint density at radius 2 is 2.31 bits per heavy atom. The lowest BCUT2D eigenvalue weighted by atomic mass is 9.96. The summed E-state index contributed by atoms with van der Waals surface area (Å²) >= 11 is 4.85. The van der Waals surface area contributed by atoms with Gasteiger partial charge >= 0.3 is 0 Å². The molecule has 0 aliphatic heterocycles. The van der Waals surface area contributed by atoms with Crippen molar-refractivity contribution in [3.8, 4) is 0 Å². The van der Waals surface area contributed by atoms with Crippen LogP contribution in [-0.2, 0) is 4.79 Å². The van der Waals surface area contributed by atoms with Gasteiger partial charge in [-0.05, 0) is 28.1 Å². The van der Waals surface area contributed by atoms with Crippen LogP contribution in [0.1, 0.15) is 13.8 Å². The van der Waals surface area contributed by atoms with Crippen LogP contribution < -0.4 is 11.3 Å². The number of aromatic nitrogens is 1. The van der Waals surface area contributed by atoms with E-state index in [9.17, 15) is 4.79 Å². The maximum Gasteiger partial charge on any atom is 0.240 e. The second-order valence-electron chi connectivity index (χ2n) is 3.96. The molecule has 0 aliphatic carbocycles. The van der Waals surface area contributed by atoms with Gasteiger partial charge < -0.3 is 0 Å². The molecule has 0 unspecified atom stereocenters. The molecular formula is C10H14BrN3OS. The monoisotopic (exact) mass is 303 g/mol. The number of hydrogen-bond donors (Lipinski definition) is 2. The molecule has 1 aromatic heterocycles. The molecule has 0 aromatic carbocycles. The van der Waals surface area contributed by atoms with E-state index < -0.39 is 5.41 Å². The van der Waals surface area contributed by atoms with Crippen LogP contribution in [-0.4, -0.2) is 16.6 Å². The lowest BCUT2D eigenvalue weighted by Crippen LogP contribution is -2.42. The molecule has 1 rings (SSSR count). The normalized spacial score (nSPS) is 11.2. The van der Waals surface area contributed by atoms with Crippen LogP contribution in [0, 0.1) is 5.41 Å². The van der Waals surface area contributed by atoms with Crippen molar-refractivity contribution in [2.75, 3.05) is 5.75 Å². The van der Waals surface area contributed by atoms with E-state index in [4.69, 9.17) is 5.84 Å². The molecule has 16 heavy (non-hydrogen) atoms. The maximum absolute atomic E-state index is 11.4. The van der Waals surface area contributed by atoms with E-state index in [1.165, 1.54) is 11.8 Å². The van der Waals surface area contributed by atoms with Gasteiger partial charge in [-0.25, -0.2) is 10.8 Å². The van der Waals surface area contributed by atoms with Gasteiger partial charge in [-0.3, -0.25) is 10.2 Å². The smallest absolute Gasteiger partial charge is 0.240 e. The fraction of sp³-hybridized carbons (Fsp3) is 0.400. The minimum Gasteiger partial charge on any atom is -0.294 e. The van der Waals surface area contributed by atoms with Crippen molar-refractivity contribution in [2.24, 2.45) is 11.3 Å². The summed E-state index contributed by atoms with van der Waals surface area (Å²) in [7, 11) is 0. The molecule has 1 heterocycles. The first-order valence-electron chi connectivity index (χ1n) is 4.71. The minimum absolute atomic E-state index is 0.169. The third-order valence-electron chi connectivity index (χ3n) is 2.03. The number of carbonyl (C=O) groups is 1. The van der Waals surface area contributed by atoms with E-state index in [1.807, 2.05) is 26.0 Å². The first-order chi connectivity index (χ1) is 7.45. The van der Waals surface area contributed by atoms with Crippen molar-refractivity contribution in [3.63, 3.8) is 0 Å². The number of nitrogens with one attached hydrogen (secondary N) is 1. The average Bonchev–Trinajstić information content (AvgIpc) is 2.27. The van der Waals surface area contributed by atoms with Crippen LogP contribution in [0.2, 0.25) is 0 Å².